The van der Waals surface area contributed by atoms with Crippen molar-refractivity contribution >= 4 is 16.9 Å². The molecule has 3 rings (SSSR count). The number of ether oxygens (including phenoxy) is 1. The van der Waals surface area contributed by atoms with Gasteiger partial charge in [-0.25, -0.2) is 9.97 Å². The first-order chi connectivity index (χ1) is 9.78. The third-order valence-electron chi connectivity index (χ3n) is 3.46. The highest BCUT2D eigenvalue weighted by Crippen LogP contribution is 2.29. The molecule has 0 radical (unpaired) electrons. The van der Waals surface area contributed by atoms with E-state index in [0.29, 0.717) is 6.61 Å². The summed E-state index contributed by atoms with van der Waals surface area (Å²) in [5.74, 6) is 2.34. The second-order valence-corrected chi connectivity index (χ2v) is 5.38. The second kappa shape index (κ2) is 5.75. The van der Waals surface area contributed by atoms with Crippen molar-refractivity contribution in [3.05, 3.63) is 12.0 Å². The quantitative estimate of drug-likeness (QED) is 0.838. The Labute approximate surface area is 118 Å². The molecule has 20 heavy (non-hydrogen) atoms. The van der Waals surface area contributed by atoms with Gasteiger partial charge in [-0.2, -0.15) is 5.10 Å². The number of nitrogens with one attached hydrogen (secondary N) is 1. The topological polar surface area (TPSA) is 64.9 Å². The SMILES string of the molecule is CCCNc1nc(COCC2CC2)nc2c1cnn2C. The van der Waals surface area contributed by atoms with Crippen LogP contribution < -0.4 is 5.32 Å². The first kappa shape index (κ1) is 13.3. The molecule has 0 aromatic carbocycles. The fourth-order valence-electron chi connectivity index (χ4n) is 2.11. The van der Waals surface area contributed by atoms with Crippen LogP contribution in [0.25, 0.3) is 11.0 Å². The van der Waals surface area contributed by atoms with Crippen LogP contribution in [0.5, 0.6) is 0 Å². The molecule has 1 aliphatic rings. The minimum atomic E-state index is 0.471. The van der Waals surface area contributed by atoms with Crippen molar-refractivity contribution in [1.82, 2.24) is 19.7 Å². The van der Waals surface area contributed by atoms with Crippen molar-refractivity contribution in [3.8, 4) is 0 Å². The summed E-state index contributed by atoms with van der Waals surface area (Å²) in [6.45, 7) is 4.32. The maximum atomic E-state index is 5.69. The zero-order valence-corrected chi connectivity index (χ0v) is 12.1. The molecule has 0 bridgehead atoms. The Morgan fingerprint density at radius 2 is 2.25 bits per heavy atom. The van der Waals surface area contributed by atoms with Crippen LogP contribution in [0, 0.1) is 5.92 Å². The number of rotatable bonds is 7. The highest BCUT2D eigenvalue weighted by atomic mass is 16.5. The van der Waals surface area contributed by atoms with E-state index in [1.807, 2.05) is 13.2 Å². The summed E-state index contributed by atoms with van der Waals surface area (Å²) in [5, 5.41) is 8.56. The van der Waals surface area contributed by atoms with Crippen LogP contribution in [0.4, 0.5) is 5.82 Å². The Morgan fingerprint density at radius 3 is 3.00 bits per heavy atom. The van der Waals surface area contributed by atoms with Crippen LogP contribution in [0.3, 0.4) is 0 Å². The average Bonchev–Trinajstić information content (AvgIpc) is 3.20. The van der Waals surface area contributed by atoms with Gasteiger partial charge in [-0.15, -0.1) is 0 Å². The molecule has 0 spiro atoms. The first-order valence-electron chi connectivity index (χ1n) is 7.28. The van der Waals surface area contributed by atoms with Crippen LogP contribution in [-0.4, -0.2) is 32.9 Å². The van der Waals surface area contributed by atoms with Crippen molar-refractivity contribution in [2.45, 2.75) is 32.8 Å². The van der Waals surface area contributed by atoms with Crippen molar-refractivity contribution in [1.29, 1.82) is 0 Å². The summed E-state index contributed by atoms with van der Waals surface area (Å²) in [7, 11) is 1.90. The minimum absolute atomic E-state index is 0.471. The Bertz CT molecular complexity index is 591. The predicted octanol–water partition coefficient (Wildman–Crippen LogP) is 2.11. The molecule has 0 saturated heterocycles. The summed E-state index contributed by atoms with van der Waals surface area (Å²) in [6.07, 6.45) is 5.46. The zero-order valence-electron chi connectivity index (χ0n) is 12.1. The number of fused-ring (bicyclic) bond motifs is 1. The molecular weight excluding hydrogens is 254 g/mol. The number of hydrogen-bond acceptors (Lipinski definition) is 5. The van der Waals surface area contributed by atoms with Crippen molar-refractivity contribution < 1.29 is 4.74 Å². The van der Waals surface area contributed by atoms with E-state index < -0.39 is 0 Å². The molecule has 2 aromatic heterocycles. The molecule has 0 aliphatic heterocycles. The minimum Gasteiger partial charge on any atom is -0.373 e. The van der Waals surface area contributed by atoms with E-state index in [2.05, 4.69) is 27.3 Å². The molecule has 1 aliphatic carbocycles. The molecule has 108 valence electrons. The zero-order chi connectivity index (χ0) is 13.9. The third-order valence-corrected chi connectivity index (χ3v) is 3.46. The van der Waals surface area contributed by atoms with Gasteiger partial charge in [0.25, 0.3) is 0 Å². The van der Waals surface area contributed by atoms with Crippen molar-refractivity contribution in [2.75, 3.05) is 18.5 Å². The maximum Gasteiger partial charge on any atom is 0.163 e. The molecule has 2 heterocycles. The number of hydrogen-bond donors (Lipinski definition) is 1. The van der Waals surface area contributed by atoms with Gasteiger partial charge in [-0.3, -0.25) is 4.68 Å². The molecule has 1 N–H and O–H groups in total. The average molecular weight is 275 g/mol. The third kappa shape index (κ3) is 2.90. The highest BCUT2D eigenvalue weighted by Gasteiger charge is 2.21. The molecule has 6 heteroatoms. The lowest BCUT2D eigenvalue weighted by molar-refractivity contribution is 0.106. The second-order valence-electron chi connectivity index (χ2n) is 5.38. The van der Waals surface area contributed by atoms with Crippen LogP contribution in [-0.2, 0) is 18.4 Å². The number of aryl methyl sites for hydroxylation is 1. The van der Waals surface area contributed by atoms with E-state index in [1.165, 1.54) is 12.8 Å². The van der Waals surface area contributed by atoms with Crippen LogP contribution in [0.2, 0.25) is 0 Å². The first-order valence-corrected chi connectivity index (χ1v) is 7.28. The number of nitrogens with zero attached hydrogens (tertiary/aromatic N) is 4. The summed E-state index contributed by atoms with van der Waals surface area (Å²) in [6, 6.07) is 0. The van der Waals surface area contributed by atoms with Gasteiger partial charge in [-0.1, -0.05) is 6.92 Å². The van der Waals surface area contributed by atoms with Crippen molar-refractivity contribution in [3.63, 3.8) is 0 Å². The fraction of sp³-hybridized carbons (Fsp3) is 0.643. The van der Waals surface area contributed by atoms with E-state index in [-0.39, 0.29) is 0 Å². The molecule has 1 fully saturated rings. The lowest BCUT2D eigenvalue weighted by atomic mass is 10.3. The number of anilines is 1. The predicted molar refractivity (Wildman–Crippen MR) is 77.5 cm³/mol. The van der Waals surface area contributed by atoms with E-state index >= 15 is 0 Å². The van der Waals surface area contributed by atoms with Gasteiger partial charge in [0.05, 0.1) is 11.6 Å². The molecule has 0 atom stereocenters. The van der Waals surface area contributed by atoms with Gasteiger partial charge in [0.2, 0.25) is 0 Å². The monoisotopic (exact) mass is 275 g/mol. The normalized spacial score (nSPS) is 14.9. The van der Waals surface area contributed by atoms with E-state index in [9.17, 15) is 0 Å². The summed E-state index contributed by atoms with van der Waals surface area (Å²) in [4.78, 5) is 9.11. The van der Waals surface area contributed by atoms with E-state index in [4.69, 9.17) is 4.74 Å². The van der Waals surface area contributed by atoms with Crippen molar-refractivity contribution in [2.24, 2.45) is 13.0 Å². The Balaban J connectivity index is 1.80. The van der Waals surface area contributed by atoms with E-state index in [1.54, 1.807) is 4.68 Å². The van der Waals surface area contributed by atoms with Crippen LogP contribution in [0.1, 0.15) is 32.0 Å². The lowest BCUT2D eigenvalue weighted by Crippen LogP contribution is -2.08. The molecule has 6 nitrogen and oxygen atoms in total. The van der Waals surface area contributed by atoms with Gasteiger partial charge >= 0.3 is 0 Å². The fourth-order valence-corrected chi connectivity index (χ4v) is 2.11. The molecule has 0 amide bonds. The number of aromatic nitrogens is 4. The molecule has 0 unspecified atom stereocenters. The standard InChI is InChI=1S/C14H21N5O/c1-3-6-15-13-11-7-16-19(2)14(11)18-12(17-13)9-20-8-10-4-5-10/h7,10H,3-6,8-9H2,1-2H3,(H,15,17,18). The van der Waals surface area contributed by atoms with E-state index in [0.717, 1.165) is 48.2 Å². The van der Waals surface area contributed by atoms with Crippen LogP contribution >= 0.6 is 0 Å². The Kier molecular flexibility index (Phi) is 3.82. The van der Waals surface area contributed by atoms with Gasteiger partial charge in [0.1, 0.15) is 12.4 Å². The Morgan fingerprint density at radius 1 is 1.40 bits per heavy atom. The van der Waals surface area contributed by atoms with Gasteiger partial charge in [0, 0.05) is 20.2 Å². The molecular formula is C14H21N5O. The highest BCUT2D eigenvalue weighted by molar-refractivity contribution is 5.86. The Hall–Kier alpha value is -1.69. The summed E-state index contributed by atoms with van der Waals surface area (Å²) < 4.78 is 7.46. The smallest absolute Gasteiger partial charge is 0.163 e. The van der Waals surface area contributed by atoms with Gasteiger partial charge < -0.3 is 10.1 Å². The summed E-state index contributed by atoms with van der Waals surface area (Å²) >= 11 is 0. The van der Waals surface area contributed by atoms with Gasteiger partial charge in [-0.05, 0) is 25.2 Å². The molecule has 1 saturated carbocycles. The molecule has 2 aromatic rings. The maximum absolute atomic E-state index is 5.69. The lowest BCUT2D eigenvalue weighted by Gasteiger charge is -2.08. The van der Waals surface area contributed by atoms with Crippen LogP contribution in [0.15, 0.2) is 6.20 Å². The largest absolute Gasteiger partial charge is 0.373 e. The van der Waals surface area contributed by atoms with Gasteiger partial charge in [0.15, 0.2) is 11.5 Å². The summed E-state index contributed by atoms with van der Waals surface area (Å²) in [5.41, 5.74) is 0.851.